The average molecular weight is 385 g/mol. The largest absolute Gasteiger partial charge is 0.484 e. The van der Waals surface area contributed by atoms with E-state index in [1.807, 2.05) is 24.3 Å². The van der Waals surface area contributed by atoms with Crippen LogP contribution in [-0.2, 0) is 16.0 Å². The van der Waals surface area contributed by atoms with Crippen molar-refractivity contribution in [2.75, 3.05) is 51.4 Å². The maximum atomic E-state index is 12.0. The Labute approximate surface area is 165 Å². The molecule has 2 heterocycles. The third kappa shape index (κ3) is 6.51. The van der Waals surface area contributed by atoms with Gasteiger partial charge in [0.1, 0.15) is 12.4 Å². The van der Waals surface area contributed by atoms with Gasteiger partial charge in [0.2, 0.25) is 5.88 Å². The van der Waals surface area contributed by atoms with Crippen LogP contribution in [0.25, 0.3) is 0 Å². The summed E-state index contributed by atoms with van der Waals surface area (Å²) in [5, 5.41) is 2.77. The quantitative estimate of drug-likeness (QED) is 0.715. The van der Waals surface area contributed by atoms with Crippen molar-refractivity contribution >= 4 is 11.6 Å². The zero-order chi connectivity index (χ0) is 19.6. The summed E-state index contributed by atoms with van der Waals surface area (Å²) in [4.78, 5) is 18.6. The summed E-state index contributed by atoms with van der Waals surface area (Å²) in [5.41, 5.74) is 1.84. The number of nitrogens with zero attached hydrogens (tertiary/aromatic N) is 2. The second-order valence-corrected chi connectivity index (χ2v) is 6.52. The van der Waals surface area contributed by atoms with Crippen molar-refractivity contribution in [2.24, 2.45) is 0 Å². The Kier molecular flexibility index (Phi) is 7.63. The van der Waals surface area contributed by atoms with Gasteiger partial charge in [-0.3, -0.25) is 9.69 Å². The number of amides is 1. The molecule has 1 aromatic heterocycles. The van der Waals surface area contributed by atoms with Crippen molar-refractivity contribution in [2.45, 2.75) is 13.3 Å². The van der Waals surface area contributed by atoms with Gasteiger partial charge in [-0.05, 0) is 30.2 Å². The molecular formula is C21H27N3O4. The number of hydrogen-bond donors (Lipinski definition) is 1. The van der Waals surface area contributed by atoms with E-state index in [-0.39, 0.29) is 12.5 Å². The van der Waals surface area contributed by atoms with E-state index in [1.54, 1.807) is 18.3 Å². The van der Waals surface area contributed by atoms with Crippen LogP contribution in [0.5, 0.6) is 11.6 Å². The summed E-state index contributed by atoms with van der Waals surface area (Å²) in [6.07, 6.45) is 2.55. The zero-order valence-corrected chi connectivity index (χ0v) is 16.2. The van der Waals surface area contributed by atoms with Crippen molar-refractivity contribution in [1.82, 2.24) is 9.88 Å². The highest BCUT2D eigenvalue weighted by Crippen LogP contribution is 2.14. The zero-order valence-electron chi connectivity index (χ0n) is 16.2. The second-order valence-electron chi connectivity index (χ2n) is 6.52. The van der Waals surface area contributed by atoms with Gasteiger partial charge >= 0.3 is 0 Å². The summed E-state index contributed by atoms with van der Waals surface area (Å²) in [6.45, 7) is 6.89. The number of aromatic nitrogens is 1. The Balaban J connectivity index is 1.37. The highest BCUT2D eigenvalue weighted by Gasteiger charge is 2.10. The van der Waals surface area contributed by atoms with E-state index in [0.29, 0.717) is 23.9 Å². The summed E-state index contributed by atoms with van der Waals surface area (Å²) in [5.74, 6) is 0.982. The number of morpholine rings is 1. The molecule has 2 aromatic rings. The predicted octanol–water partition coefficient (Wildman–Crippen LogP) is 2.37. The van der Waals surface area contributed by atoms with Crippen molar-refractivity contribution in [3.05, 3.63) is 48.2 Å². The summed E-state index contributed by atoms with van der Waals surface area (Å²) < 4.78 is 16.5. The van der Waals surface area contributed by atoms with Gasteiger partial charge in [0.05, 0.1) is 25.1 Å². The molecular weight excluding hydrogens is 358 g/mol. The first kappa shape index (κ1) is 20.1. The molecule has 1 aromatic carbocycles. The normalized spacial score (nSPS) is 14.5. The number of anilines is 1. The minimum Gasteiger partial charge on any atom is -0.484 e. The molecule has 1 N–H and O–H groups in total. The molecule has 7 heteroatoms. The van der Waals surface area contributed by atoms with E-state index in [2.05, 4.69) is 22.1 Å². The third-order valence-corrected chi connectivity index (χ3v) is 4.48. The number of pyridine rings is 1. The maximum absolute atomic E-state index is 12.0. The Hall–Kier alpha value is -2.64. The van der Waals surface area contributed by atoms with E-state index in [1.165, 1.54) is 5.56 Å². The average Bonchev–Trinajstić information content (AvgIpc) is 2.75. The molecule has 0 spiro atoms. The maximum Gasteiger partial charge on any atom is 0.262 e. The molecule has 1 saturated heterocycles. The minimum absolute atomic E-state index is 0.0523. The van der Waals surface area contributed by atoms with E-state index >= 15 is 0 Å². The van der Waals surface area contributed by atoms with E-state index in [9.17, 15) is 4.79 Å². The molecule has 0 aliphatic carbocycles. The Bertz CT molecular complexity index is 728. The Morgan fingerprint density at radius 3 is 2.61 bits per heavy atom. The number of ether oxygens (including phenoxy) is 3. The van der Waals surface area contributed by atoms with Crippen molar-refractivity contribution in [3.63, 3.8) is 0 Å². The number of aryl methyl sites for hydroxylation is 1. The van der Waals surface area contributed by atoms with Crippen LogP contribution in [0.4, 0.5) is 5.69 Å². The fraction of sp³-hybridized carbons (Fsp3) is 0.429. The van der Waals surface area contributed by atoms with Crippen LogP contribution in [0.1, 0.15) is 12.5 Å². The number of carbonyl (C=O) groups excluding carboxylic acids is 1. The SMILES string of the molecule is CCc1ccc(OCC(=O)Nc2ccc(OCCN3CCOCC3)nc2)cc1. The first-order valence-electron chi connectivity index (χ1n) is 9.63. The van der Waals surface area contributed by atoms with Gasteiger partial charge in [0, 0.05) is 25.7 Å². The molecule has 0 atom stereocenters. The first-order chi connectivity index (χ1) is 13.7. The molecule has 0 bridgehead atoms. The monoisotopic (exact) mass is 385 g/mol. The van der Waals surface area contributed by atoms with Gasteiger partial charge in [-0.25, -0.2) is 4.98 Å². The van der Waals surface area contributed by atoms with Crippen LogP contribution in [0.2, 0.25) is 0 Å². The van der Waals surface area contributed by atoms with Gasteiger partial charge < -0.3 is 19.5 Å². The Morgan fingerprint density at radius 2 is 1.93 bits per heavy atom. The smallest absolute Gasteiger partial charge is 0.262 e. The van der Waals surface area contributed by atoms with Crippen LogP contribution in [0, 0.1) is 0 Å². The van der Waals surface area contributed by atoms with Gasteiger partial charge in [0.25, 0.3) is 5.91 Å². The van der Waals surface area contributed by atoms with Crippen LogP contribution < -0.4 is 14.8 Å². The second kappa shape index (κ2) is 10.6. The summed E-state index contributed by atoms with van der Waals surface area (Å²) in [7, 11) is 0. The lowest BCUT2D eigenvalue weighted by atomic mass is 10.2. The molecule has 3 rings (SSSR count). The lowest BCUT2D eigenvalue weighted by molar-refractivity contribution is -0.118. The van der Waals surface area contributed by atoms with Gasteiger partial charge in [-0.2, -0.15) is 0 Å². The molecule has 1 fully saturated rings. The molecule has 28 heavy (non-hydrogen) atoms. The topological polar surface area (TPSA) is 72.9 Å². The van der Waals surface area contributed by atoms with Crippen LogP contribution in [0.15, 0.2) is 42.6 Å². The lowest BCUT2D eigenvalue weighted by Crippen LogP contribution is -2.38. The lowest BCUT2D eigenvalue weighted by Gasteiger charge is -2.26. The van der Waals surface area contributed by atoms with Gasteiger partial charge in [0.15, 0.2) is 6.61 Å². The van der Waals surface area contributed by atoms with Crippen LogP contribution >= 0.6 is 0 Å². The van der Waals surface area contributed by atoms with Crippen LogP contribution in [0.3, 0.4) is 0 Å². The predicted molar refractivity (Wildman–Crippen MR) is 107 cm³/mol. The Morgan fingerprint density at radius 1 is 1.14 bits per heavy atom. The summed E-state index contributed by atoms with van der Waals surface area (Å²) in [6, 6.07) is 11.3. The van der Waals surface area contributed by atoms with E-state index < -0.39 is 0 Å². The summed E-state index contributed by atoms with van der Waals surface area (Å²) >= 11 is 0. The van der Waals surface area contributed by atoms with Crippen LogP contribution in [-0.4, -0.2) is 61.9 Å². The standard InChI is InChI=1S/C21H27N3O4/c1-2-17-3-6-19(7-4-17)28-16-20(25)23-18-5-8-21(22-15-18)27-14-11-24-9-12-26-13-10-24/h3-8,15H,2,9-14,16H2,1H3,(H,23,25). The van der Waals surface area contributed by atoms with E-state index in [0.717, 1.165) is 39.3 Å². The number of rotatable bonds is 9. The third-order valence-electron chi connectivity index (χ3n) is 4.48. The van der Waals surface area contributed by atoms with Crippen molar-refractivity contribution in [1.29, 1.82) is 0 Å². The number of benzene rings is 1. The number of hydrogen-bond acceptors (Lipinski definition) is 6. The fourth-order valence-electron chi connectivity index (χ4n) is 2.81. The molecule has 7 nitrogen and oxygen atoms in total. The molecule has 1 amide bonds. The van der Waals surface area contributed by atoms with Gasteiger partial charge in [-0.1, -0.05) is 19.1 Å². The first-order valence-corrected chi connectivity index (χ1v) is 9.63. The molecule has 0 unspecified atom stereocenters. The minimum atomic E-state index is -0.234. The van der Waals surface area contributed by atoms with Crippen molar-refractivity contribution in [3.8, 4) is 11.6 Å². The fourth-order valence-corrected chi connectivity index (χ4v) is 2.81. The molecule has 1 aliphatic heterocycles. The molecule has 0 radical (unpaired) electrons. The number of nitrogens with one attached hydrogen (secondary N) is 1. The molecule has 1 aliphatic rings. The van der Waals surface area contributed by atoms with Crippen molar-refractivity contribution < 1.29 is 19.0 Å². The van der Waals surface area contributed by atoms with E-state index in [4.69, 9.17) is 14.2 Å². The highest BCUT2D eigenvalue weighted by molar-refractivity contribution is 5.91. The number of carbonyl (C=O) groups is 1. The van der Waals surface area contributed by atoms with Gasteiger partial charge in [-0.15, -0.1) is 0 Å². The molecule has 150 valence electrons. The molecule has 0 saturated carbocycles. The highest BCUT2D eigenvalue weighted by atomic mass is 16.5.